The zero-order valence-corrected chi connectivity index (χ0v) is 14.7. The van der Waals surface area contributed by atoms with Gasteiger partial charge in [0.25, 0.3) is 0 Å². The standard InChI is InChI=1S/C19H27N3S/c1-3-11-22-16-8-6-9-17(22)13-15(12-16)20-19(23)21-18-10-5-4-7-14(18)2/h3-5,7,10,15-17H,1,6,8-9,11-13H2,2H3,(H2,20,21,23). The zero-order chi connectivity index (χ0) is 16.2. The summed E-state index contributed by atoms with van der Waals surface area (Å²) in [5.41, 5.74) is 2.31. The van der Waals surface area contributed by atoms with Crippen molar-refractivity contribution >= 4 is 23.0 Å². The number of hydrogen-bond acceptors (Lipinski definition) is 2. The van der Waals surface area contributed by atoms with E-state index in [1.165, 1.54) is 37.7 Å². The first kappa shape index (κ1) is 16.5. The maximum atomic E-state index is 5.54. The second kappa shape index (κ2) is 7.45. The van der Waals surface area contributed by atoms with Gasteiger partial charge in [0.1, 0.15) is 0 Å². The Morgan fingerprint density at radius 3 is 2.65 bits per heavy atom. The average Bonchev–Trinajstić information content (AvgIpc) is 2.50. The maximum Gasteiger partial charge on any atom is 0.171 e. The van der Waals surface area contributed by atoms with Crippen LogP contribution in [-0.4, -0.2) is 34.7 Å². The lowest BCUT2D eigenvalue weighted by molar-refractivity contribution is 0.0389. The summed E-state index contributed by atoms with van der Waals surface area (Å²) < 4.78 is 0. The van der Waals surface area contributed by atoms with Crippen molar-refractivity contribution < 1.29 is 0 Å². The number of benzene rings is 1. The van der Waals surface area contributed by atoms with Gasteiger partial charge < -0.3 is 10.6 Å². The molecule has 2 saturated heterocycles. The van der Waals surface area contributed by atoms with E-state index in [-0.39, 0.29) is 0 Å². The van der Waals surface area contributed by atoms with Gasteiger partial charge in [0, 0.05) is 30.4 Å². The maximum absolute atomic E-state index is 5.54. The molecule has 0 radical (unpaired) electrons. The van der Waals surface area contributed by atoms with Crippen molar-refractivity contribution in [1.82, 2.24) is 10.2 Å². The van der Waals surface area contributed by atoms with Gasteiger partial charge in [-0.1, -0.05) is 30.7 Å². The molecule has 3 nitrogen and oxygen atoms in total. The molecule has 2 atom stereocenters. The Kier molecular flexibility index (Phi) is 5.34. The van der Waals surface area contributed by atoms with Crippen LogP contribution in [0.1, 0.15) is 37.7 Å². The molecular formula is C19H27N3S. The molecule has 2 aliphatic rings. The SMILES string of the molecule is C=CCN1C2CCCC1CC(NC(=S)Nc1ccccc1C)C2. The molecule has 0 amide bonds. The minimum Gasteiger partial charge on any atom is -0.360 e. The summed E-state index contributed by atoms with van der Waals surface area (Å²) in [6.07, 6.45) is 8.38. The number of rotatable bonds is 4. The summed E-state index contributed by atoms with van der Waals surface area (Å²) in [5, 5.41) is 7.65. The Hall–Kier alpha value is -1.39. The number of nitrogens with zero attached hydrogens (tertiary/aromatic N) is 1. The molecule has 0 aromatic heterocycles. The molecule has 2 heterocycles. The van der Waals surface area contributed by atoms with Crippen LogP contribution in [0.15, 0.2) is 36.9 Å². The Morgan fingerprint density at radius 2 is 2.00 bits per heavy atom. The van der Waals surface area contributed by atoms with E-state index in [2.05, 4.69) is 41.2 Å². The van der Waals surface area contributed by atoms with Crippen LogP contribution in [0, 0.1) is 6.92 Å². The van der Waals surface area contributed by atoms with E-state index in [9.17, 15) is 0 Å². The second-order valence-corrected chi connectivity index (χ2v) is 7.21. The van der Waals surface area contributed by atoms with Crippen molar-refractivity contribution in [3.63, 3.8) is 0 Å². The number of thiocarbonyl (C=S) groups is 1. The average molecular weight is 330 g/mol. The third kappa shape index (κ3) is 3.93. The molecule has 0 aliphatic carbocycles. The highest BCUT2D eigenvalue weighted by Crippen LogP contribution is 2.33. The number of anilines is 1. The molecule has 1 aromatic carbocycles. The van der Waals surface area contributed by atoms with Crippen molar-refractivity contribution in [1.29, 1.82) is 0 Å². The van der Waals surface area contributed by atoms with Crippen LogP contribution in [0.4, 0.5) is 5.69 Å². The van der Waals surface area contributed by atoms with Crippen LogP contribution < -0.4 is 10.6 Å². The Labute approximate surface area is 145 Å². The molecule has 0 saturated carbocycles. The van der Waals surface area contributed by atoms with Crippen LogP contribution in [0.5, 0.6) is 0 Å². The number of piperidine rings is 2. The first-order valence-electron chi connectivity index (χ1n) is 8.67. The normalized spacial score (nSPS) is 27.3. The first-order chi connectivity index (χ1) is 11.2. The molecule has 2 N–H and O–H groups in total. The smallest absolute Gasteiger partial charge is 0.171 e. The molecule has 124 valence electrons. The van der Waals surface area contributed by atoms with E-state index in [1.807, 2.05) is 18.2 Å². The van der Waals surface area contributed by atoms with Gasteiger partial charge in [-0.2, -0.15) is 0 Å². The number of para-hydroxylation sites is 1. The molecule has 2 aliphatic heterocycles. The largest absolute Gasteiger partial charge is 0.360 e. The molecule has 0 spiro atoms. The van der Waals surface area contributed by atoms with Gasteiger partial charge in [-0.3, -0.25) is 4.90 Å². The van der Waals surface area contributed by atoms with E-state index in [0.717, 1.165) is 17.3 Å². The van der Waals surface area contributed by atoms with Gasteiger partial charge in [-0.15, -0.1) is 6.58 Å². The summed E-state index contributed by atoms with van der Waals surface area (Å²) in [5.74, 6) is 0. The van der Waals surface area contributed by atoms with Crippen LogP contribution in [0.25, 0.3) is 0 Å². The fourth-order valence-corrected chi connectivity index (χ4v) is 4.38. The highest BCUT2D eigenvalue weighted by Gasteiger charge is 2.37. The third-order valence-electron chi connectivity index (χ3n) is 5.19. The Morgan fingerprint density at radius 1 is 1.30 bits per heavy atom. The van der Waals surface area contributed by atoms with Gasteiger partial charge in [0.05, 0.1) is 0 Å². The predicted octanol–water partition coefficient (Wildman–Crippen LogP) is 3.85. The second-order valence-electron chi connectivity index (χ2n) is 6.81. The van der Waals surface area contributed by atoms with Crippen LogP contribution in [0.2, 0.25) is 0 Å². The van der Waals surface area contributed by atoms with Crippen molar-refractivity contribution in [2.75, 3.05) is 11.9 Å². The third-order valence-corrected chi connectivity index (χ3v) is 5.41. The summed E-state index contributed by atoms with van der Waals surface area (Å²) in [4.78, 5) is 2.65. The lowest BCUT2D eigenvalue weighted by atomic mass is 9.82. The van der Waals surface area contributed by atoms with Gasteiger partial charge >= 0.3 is 0 Å². The van der Waals surface area contributed by atoms with E-state index < -0.39 is 0 Å². The van der Waals surface area contributed by atoms with E-state index in [4.69, 9.17) is 12.2 Å². The molecule has 2 fully saturated rings. The minimum absolute atomic E-state index is 0.482. The monoisotopic (exact) mass is 329 g/mol. The Bertz CT molecular complexity index is 557. The fraction of sp³-hybridized carbons (Fsp3) is 0.526. The van der Waals surface area contributed by atoms with Crippen molar-refractivity contribution in [3.05, 3.63) is 42.5 Å². The van der Waals surface area contributed by atoms with Gasteiger partial charge in [0.2, 0.25) is 0 Å². The van der Waals surface area contributed by atoms with E-state index in [0.29, 0.717) is 18.1 Å². The minimum atomic E-state index is 0.482. The lowest BCUT2D eigenvalue weighted by Gasteiger charge is -2.48. The number of nitrogens with one attached hydrogen (secondary N) is 2. The summed E-state index contributed by atoms with van der Waals surface area (Å²) in [7, 11) is 0. The van der Waals surface area contributed by atoms with Gasteiger partial charge in [-0.25, -0.2) is 0 Å². The molecule has 2 unspecified atom stereocenters. The topological polar surface area (TPSA) is 27.3 Å². The Balaban J connectivity index is 1.58. The van der Waals surface area contributed by atoms with E-state index in [1.54, 1.807) is 0 Å². The van der Waals surface area contributed by atoms with Crippen molar-refractivity contribution in [3.8, 4) is 0 Å². The van der Waals surface area contributed by atoms with Crippen molar-refractivity contribution in [2.45, 2.75) is 57.2 Å². The zero-order valence-electron chi connectivity index (χ0n) is 13.9. The van der Waals surface area contributed by atoms with Crippen LogP contribution in [0.3, 0.4) is 0 Å². The van der Waals surface area contributed by atoms with Gasteiger partial charge in [-0.05, 0) is 56.5 Å². The fourth-order valence-electron chi connectivity index (χ4n) is 4.10. The van der Waals surface area contributed by atoms with Crippen molar-refractivity contribution in [2.24, 2.45) is 0 Å². The van der Waals surface area contributed by atoms with E-state index >= 15 is 0 Å². The lowest BCUT2D eigenvalue weighted by Crippen LogP contribution is -2.57. The van der Waals surface area contributed by atoms with Gasteiger partial charge in [0.15, 0.2) is 5.11 Å². The molecule has 3 rings (SSSR count). The highest BCUT2D eigenvalue weighted by atomic mass is 32.1. The number of fused-ring (bicyclic) bond motifs is 2. The van der Waals surface area contributed by atoms with Crippen LogP contribution >= 0.6 is 12.2 Å². The molecule has 23 heavy (non-hydrogen) atoms. The summed E-state index contributed by atoms with van der Waals surface area (Å²) in [6, 6.07) is 10.1. The molecular weight excluding hydrogens is 302 g/mol. The number of hydrogen-bond donors (Lipinski definition) is 2. The quantitative estimate of drug-likeness (QED) is 0.648. The predicted molar refractivity (Wildman–Crippen MR) is 102 cm³/mol. The summed E-state index contributed by atoms with van der Waals surface area (Å²) >= 11 is 5.54. The first-order valence-corrected chi connectivity index (χ1v) is 9.08. The molecule has 1 aromatic rings. The number of aryl methyl sites for hydroxylation is 1. The van der Waals surface area contributed by atoms with Crippen LogP contribution in [-0.2, 0) is 0 Å². The highest BCUT2D eigenvalue weighted by molar-refractivity contribution is 7.80. The molecule has 4 heteroatoms. The summed E-state index contributed by atoms with van der Waals surface area (Å²) in [6.45, 7) is 7.04. The molecule has 2 bridgehead atoms.